The van der Waals surface area contributed by atoms with Crippen molar-refractivity contribution in [3.63, 3.8) is 0 Å². The first-order valence-electron chi connectivity index (χ1n) is 10.5. The van der Waals surface area contributed by atoms with Gasteiger partial charge in [-0.15, -0.1) is 0 Å². The van der Waals surface area contributed by atoms with Gasteiger partial charge in [-0.25, -0.2) is 8.42 Å². The van der Waals surface area contributed by atoms with E-state index < -0.39 is 10.0 Å². The molecule has 33 heavy (non-hydrogen) atoms. The van der Waals surface area contributed by atoms with E-state index in [1.54, 1.807) is 48.5 Å². The van der Waals surface area contributed by atoms with E-state index in [-0.39, 0.29) is 16.9 Å². The molecule has 0 saturated heterocycles. The third-order valence-corrected chi connectivity index (χ3v) is 6.33. The van der Waals surface area contributed by atoms with Crippen LogP contribution in [0, 0.1) is 0 Å². The summed E-state index contributed by atoms with van der Waals surface area (Å²) in [5, 5.41) is 4.54. The van der Waals surface area contributed by atoms with Gasteiger partial charge in [0.25, 0.3) is 15.9 Å². The molecular formula is C26H24N2O4S. The molecule has 4 rings (SSSR count). The summed E-state index contributed by atoms with van der Waals surface area (Å²) in [4.78, 5) is 12.6. The number of fused-ring (bicyclic) bond motifs is 1. The van der Waals surface area contributed by atoms with E-state index in [0.29, 0.717) is 22.7 Å². The van der Waals surface area contributed by atoms with Crippen molar-refractivity contribution in [2.45, 2.75) is 24.8 Å². The summed E-state index contributed by atoms with van der Waals surface area (Å²) in [7, 11) is -3.79. The van der Waals surface area contributed by atoms with Crippen LogP contribution in [0.25, 0.3) is 10.8 Å². The number of nitrogens with one attached hydrogen (secondary N) is 2. The summed E-state index contributed by atoms with van der Waals surface area (Å²) in [5.74, 6) is 0.394. The van der Waals surface area contributed by atoms with E-state index >= 15 is 0 Å². The molecule has 0 saturated carbocycles. The second kappa shape index (κ2) is 9.34. The predicted octanol–water partition coefficient (Wildman–Crippen LogP) is 5.68. The molecule has 0 fully saturated rings. The molecule has 0 unspecified atom stereocenters. The van der Waals surface area contributed by atoms with Gasteiger partial charge in [-0.2, -0.15) is 0 Å². The SMILES string of the molecule is CC(C)Oc1ccc(C(=O)Nc2ccc(S(=O)(=O)Nc3cccc4ccccc34)cc2)cc1. The van der Waals surface area contributed by atoms with Crippen molar-refractivity contribution in [1.82, 2.24) is 0 Å². The minimum absolute atomic E-state index is 0.0505. The Balaban J connectivity index is 1.46. The molecule has 0 heterocycles. The van der Waals surface area contributed by atoms with E-state index in [1.807, 2.05) is 44.2 Å². The van der Waals surface area contributed by atoms with E-state index in [1.165, 1.54) is 12.1 Å². The van der Waals surface area contributed by atoms with E-state index in [4.69, 9.17) is 4.74 Å². The summed E-state index contributed by atoms with van der Waals surface area (Å²) in [6, 6.07) is 25.9. The molecule has 2 N–H and O–H groups in total. The van der Waals surface area contributed by atoms with Gasteiger partial charge in [0.15, 0.2) is 0 Å². The lowest BCUT2D eigenvalue weighted by Gasteiger charge is -2.12. The number of rotatable bonds is 7. The number of hydrogen-bond acceptors (Lipinski definition) is 4. The first kappa shape index (κ1) is 22.4. The number of sulfonamides is 1. The monoisotopic (exact) mass is 460 g/mol. The highest BCUT2D eigenvalue weighted by Crippen LogP contribution is 2.26. The van der Waals surface area contributed by atoms with Crippen molar-refractivity contribution in [3.8, 4) is 5.75 Å². The second-order valence-electron chi connectivity index (χ2n) is 7.80. The Morgan fingerprint density at radius 3 is 2.18 bits per heavy atom. The van der Waals surface area contributed by atoms with Crippen LogP contribution in [-0.4, -0.2) is 20.4 Å². The highest BCUT2D eigenvalue weighted by Gasteiger charge is 2.16. The van der Waals surface area contributed by atoms with Gasteiger partial charge in [0.1, 0.15) is 5.75 Å². The van der Waals surface area contributed by atoms with Gasteiger partial charge >= 0.3 is 0 Å². The Morgan fingerprint density at radius 1 is 0.818 bits per heavy atom. The van der Waals surface area contributed by atoms with Crippen LogP contribution in [-0.2, 0) is 10.0 Å². The van der Waals surface area contributed by atoms with E-state index in [9.17, 15) is 13.2 Å². The van der Waals surface area contributed by atoms with Gasteiger partial charge in [-0.05, 0) is 73.8 Å². The molecule has 168 valence electrons. The number of carbonyl (C=O) groups is 1. The molecule has 0 aliphatic heterocycles. The Morgan fingerprint density at radius 2 is 1.48 bits per heavy atom. The second-order valence-corrected chi connectivity index (χ2v) is 9.48. The van der Waals surface area contributed by atoms with Crippen LogP contribution in [0.3, 0.4) is 0 Å². The summed E-state index contributed by atoms with van der Waals surface area (Å²) >= 11 is 0. The van der Waals surface area contributed by atoms with Crippen LogP contribution < -0.4 is 14.8 Å². The maximum Gasteiger partial charge on any atom is 0.261 e. The smallest absolute Gasteiger partial charge is 0.261 e. The van der Waals surface area contributed by atoms with Crippen LogP contribution in [0.2, 0.25) is 0 Å². The maximum absolute atomic E-state index is 12.9. The zero-order valence-corrected chi connectivity index (χ0v) is 19.1. The topological polar surface area (TPSA) is 84.5 Å². The van der Waals surface area contributed by atoms with Crippen LogP contribution in [0.1, 0.15) is 24.2 Å². The van der Waals surface area contributed by atoms with Gasteiger partial charge in [-0.3, -0.25) is 9.52 Å². The summed E-state index contributed by atoms with van der Waals surface area (Å²) in [5.41, 5.74) is 1.47. The zero-order chi connectivity index (χ0) is 23.4. The number of anilines is 2. The molecule has 4 aromatic carbocycles. The van der Waals surface area contributed by atoms with Crippen molar-refractivity contribution in [2.75, 3.05) is 10.0 Å². The lowest BCUT2D eigenvalue weighted by atomic mass is 10.1. The van der Waals surface area contributed by atoms with Crippen LogP contribution >= 0.6 is 0 Å². The summed E-state index contributed by atoms with van der Waals surface area (Å²) in [6.07, 6.45) is 0.0505. The lowest BCUT2D eigenvalue weighted by Crippen LogP contribution is -2.14. The fourth-order valence-corrected chi connectivity index (χ4v) is 4.48. The summed E-state index contributed by atoms with van der Waals surface area (Å²) < 4.78 is 34.0. The highest BCUT2D eigenvalue weighted by molar-refractivity contribution is 7.92. The molecule has 0 aromatic heterocycles. The first-order chi connectivity index (χ1) is 15.8. The van der Waals surface area contributed by atoms with Gasteiger partial charge in [0.2, 0.25) is 0 Å². The molecule has 1 amide bonds. The predicted molar refractivity (Wildman–Crippen MR) is 131 cm³/mol. The molecule has 0 spiro atoms. The van der Waals surface area contributed by atoms with Gasteiger partial charge in [0.05, 0.1) is 16.7 Å². The normalized spacial score (nSPS) is 11.4. The van der Waals surface area contributed by atoms with Gasteiger partial charge in [0, 0.05) is 16.6 Å². The molecular weight excluding hydrogens is 436 g/mol. The Labute approximate surface area is 193 Å². The Bertz CT molecular complexity index is 1380. The average molecular weight is 461 g/mol. The van der Waals surface area contributed by atoms with Gasteiger partial charge < -0.3 is 10.1 Å². The molecule has 6 nitrogen and oxygen atoms in total. The average Bonchev–Trinajstić information content (AvgIpc) is 2.79. The van der Waals surface area contributed by atoms with Crippen LogP contribution in [0.5, 0.6) is 5.75 Å². The minimum Gasteiger partial charge on any atom is -0.491 e. The minimum atomic E-state index is -3.79. The van der Waals surface area contributed by atoms with Crippen LogP contribution in [0.15, 0.2) is 95.9 Å². The molecule has 0 aliphatic rings. The first-order valence-corrected chi connectivity index (χ1v) is 12.0. The third-order valence-electron chi connectivity index (χ3n) is 4.94. The molecule has 0 atom stereocenters. The van der Waals surface area contributed by atoms with Crippen molar-refractivity contribution >= 4 is 38.1 Å². The zero-order valence-electron chi connectivity index (χ0n) is 18.3. The van der Waals surface area contributed by atoms with Crippen molar-refractivity contribution in [3.05, 3.63) is 96.6 Å². The standard InChI is InChI=1S/C26H24N2O4S/c1-18(2)32-22-14-10-20(11-15-22)26(29)27-21-12-16-23(17-13-21)33(30,31)28-25-9-5-7-19-6-3-4-8-24(19)25/h3-18,28H,1-2H3,(H,27,29). The number of ether oxygens (including phenoxy) is 1. The largest absolute Gasteiger partial charge is 0.491 e. The lowest BCUT2D eigenvalue weighted by molar-refractivity contribution is 0.102. The Kier molecular flexibility index (Phi) is 6.33. The number of carbonyl (C=O) groups excluding carboxylic acids is 1. The quantitative estimate of drug-likeness (QED) is 0.372. The van der Waals surface area contributed by atoms with Crippen molar-refractivity contribution in [2.24, 2.45) is 0 Å². The van der Waals surface area contributed by atoms with Crippen molar-refractivity contribution in [1.29, 1.82) is 0 Å². The van der Waals surface area contributed by atoms with E-state index in [2.05, 4.69) is 10.0 Å². The van der Waals surface area contributed by atoms with Gasteiger partial charge in [-0.1, -0.05) is 36.4 Å². The fraction of sp³-hybridized carbons (Fsp3) is 0.115. The maximum atomic E-state index is 12.9. The number of benzene rings is 4. The third kappa shape index (κ3) is 5.32. The number of hydrogen-bond donors (Lipinski definition) is 2. The molecule has 0 bridgehead atoms. The van der Waals surface area contributed by atoms with E-state index in [0.717, 1.165) is 10.8 Å². The number of amides is 1. The van der Waals surface area contributed by atoms with Crippen molar-refractivity contribution < 1.29 is 17.9 Å². The Hall–Kier alpha value is -3.84. The molecule has 4 aromatic rings. The molecule has 7 heteroatoms. The highest BCUT2D eigenvalue weighted by atomic mass is 32.2. The fourth-order valence-electron chi connectivity index (χ4n) is 3.40. The molecule has 0 radical (unpaired) electrons. The summed E-state index contributed by atoms with van der Waals surface area (Å²) in [6.45, 7) is 3.87. The van der Waals surface area contributed by atoms with Crippen LogP contribution in [0.4, 0.5) is 11.4 Å². The molecule has 0 aliphatic carbocycles.